The summed E-state index contributed by atoms with van der Waals surface area (Å²) in [5.41, 5.74) is 7.64. The van der Waals surface area contributed by atoms with Crippen molar-refractivity contribution in [3.05, 3.63) is 95.6 Å². The standard InChI is InChI=1S/C42H54N4O4S/c1-6-8-21-49-22-23-50-39-15-11-33(12-16-39)34-13-17-40-36(25-34)26-35(10-9-20-45(40)28-31(3)4)42(47)44-37-14-18-41(32(5)24-37)51(48)29-38-27-43-30-46(38)19-7-2/h11-18,24-27,30-31H,6-10,19-23,28-29H2,1-5H3,(H,44,47). The first-order valence-corrected chi connectivity index (χ1v) is 19.8. The van der Waals surface area contributed by atoms with Crippen molar-refractivity contribution in [3.8, 4) is 16.9 Å². The van der Waals surface area contributed by atoms with Crippen LogP contribution in [-0.4, -0.2) is 52.6 Å². The van der Waals surface area contributed by atoms with E-state index in [-0.39, 0.29) is 5.91 Å². The van der Waals surface area contributed by atoms with E-state index < -0.39 is 10.8 Å². The third-order valence-corrected chi connectivity index (χ3v) is 10.5. The van der Waals surface area contributed by atoms with Crippen molar-refractivity contribution < 1.29 is 18.5 Å². The van der Waals surface area contributed by atoms with Crippen LogP contribution in [0.5, 0.6) is 5.75 Å². The zero-order valence-corrected chi connectivity index (χ0v) is 31.8. The van der Waals surface area contributed by atoms with Gasteiger partial charge in [0.25, 0.3) is 5.91 Å². The number of carbonyl (C=O) groups is 1. The van der Waals surface area contributed by atoms with Crippen molar-refractivity contribution >= 4 is 34.2 Å². The van der Waals surface area contributed by atoms with Gasteiger partial charge in [-0.3, -0.25) is 9.00 Å². The molecule has 272 valence electrons. The SMILES string of the molecule is CCCCOCCOc1ccc(-c2ccc3c(c2)C=C(C(=O)Nc2ccc(S(=O)Cc4cncn4CCC)c(C)c2)CCCN3CC(C)C)cc1. The van der Waals surface area contributed by atoms with Crippen LogP contribution in [0.2, 0.25) is 0 Å². The topological polar surface area (TPSA) is 85.7 Å². The second-order valence-corrected chi connectivity index (χ2v) is 15.1. The Kier molecular flexibility index (Phi) is 14.1. The van der Waals surface area contributed by atoms with Crippen LogP contribution >= 0.6 is 0 Å². The number of benzene rings is 3. The van der Waals surface area contributed by atoms with Crippen LogP contribution in [0.3, 0.4) is 0 Å². The molecule has 8 nitrogen and oxygen atoms in total. The van der Waals surface area contributed by atoms with Crippen molar-refractivity contribution in [1.82, 2.24) is 9.55 Å². The molecule has 9 heteroatoms. The molecule has 0 saturated carbocycles. The molecular formula is C42H54N4O4S. The molecule has 5 rings (SSSR count). The van der Waals surface area contributed by atoms with Gasteiger partial charge in [0.05, 0.1) is 35.2 Å². The fraction of sp³-hybridized carbons (Fsp3) is 0.429. The molecule has 0 bridgehead atoms. The minimum atomic E-state index is -1.23. The summed E-state index contributed by atoms with van der Waals surface area (Å²) in [6, 6.07) is 20.4. The van der Waals surface area contributed by atoms with Crippen LogP contribution in [0.15, 0.2) is 83.7 Å². The predicted octanol–water partition coefficient (Wildman–Crippen LogP) is 9.05. The summed E-state index contributed by atoms with van der Waals surface area (Å²) in [4.78, 5) is 21.3. The number of anilines is 2. The molecule has 0 fully saturated rings. The maximum atomic E-state index is 13.8. The number of aromatic nitrogens is 2. The van der Waals surface area contributed by atoms with Crippen molar-refractivity contribution in [2.45, 2.75) is 83.9 Å². The number of aryl methyl sites for hydroxylation is 2. The number of amides is 1. The summed E-state index contributed by atoms with van der Waals surface area (Å²) in [6.07, 6.45) is 10.4. The van der Waals surface area contributed by atoms with E-state index in [0.717, 1.165) is 102 Å². The van der Waals surface area contributed by atoms with E-state index >= 15 is 0 Å². The van der Waals surface area contributed by atoms with E-state index in [9.17, 15) is 9.00 Å². The van der Waals surface area contributed by atoms with Crippen LogP contribution in [0.4, 0.5) is 11.4 Å². The maximum Gasteiger partial charge on any atom is 0.251 e. The smallest absolute Gasteiger partial charge is 0.251 e. The zero-order chi connectivity index (χ0) is 36.2. The fourth-order valence-electron chi connectivity index (χ4n) is 6.42. The van der Waals surface area contributed by atoms with E-state index in [1.165, 1.54) is 0 Å². The highest BCUT2D eigenvalue weighted by Gasteiger charge is 2.20. The Hall–Kier alpha value is -4.21. The first kappa shape index (κ1) is 38.0. The van der Waals surface area contributed by atoms with Gasteiger partial charge in [0.15, 0.2) is 0 Å². The monoisotopic (exact) mass is 710 g/mol. The van der Waals surface area contributed by atoms with Gasteiger partial charge in [-0.25, -0.2) is 4.98 Å². The van der Waals surface area contributed by atoms with Gasteiger partial charge in [-0.1, -0.05) is 52.3 Å². The molecule has 0 saturated heterocycles. The molecule has 0 spiro atoms. The summed E-state index contributed by atoms with van der Waals surface area (Å²) >= 11 is 0. The Bertz CT molecular complexity index is 1800. The molecular weight excluding hydrogens is 657 g/mol. The number of hydrogen-bond acceptors (Lipinski definition) is 6. The van der Waals surface area contributed by atoms with E-state index in [1.807, 2.05) is 37.3 Å². The van der Waals surface area contributed by atoms with E-state index in [2.05, 4.69) is 83.9 Å². The molecule has 1 aliphatic rings. The molecule has 1 N–H and O–H groups in total. The third-order valence-electron chi connectivity index (χ3n) is 9.00. The van der Waals surface area contributed by atoms with Gasteiger partial charge in [0.1, 0.15) is 12.4 Å². The number of hydrogen-bond donors (Lipinski definition) is 1. The number of nitrogens with zero attached hydrogens (tertiary/aromatic N) is 3. The molecule has 1 atom stereocenters. The Balaban J connectivity index is 1.32. The van der Waals surface area contributed by atoms with E-state index in [0.29, 0.717) is 37.0 Å². The lowest BCUT2D eigenvalue weighted by atomic mass is 9.96. The molecule has 0 aliphatic carbocycles. The number of fused-ring (bicyclic) bond motifs is 1. The third kappa shape index (κ3) is 10.7. The van der Waals surface area contributed by atoms with Crippen LogP contribution in [-0.2, 0) is 32.6 Å². The Labute approximate surface area is 306 Å². The minimum Gasteiger partial charge on any atom is -0.491 e. The summed E-state index contributed by atoms with van der Waals surface area (Å²) in [5, 5.41) is 3.14. The Morgan fingerprint density at radius 3 is 2.53 bits per heavy atom. The fourth-order valence-corrected chi connectivity index (χ4v) is 7.72. The number of rotatable bonds is 17. The zero-order valence-electron chi connectivity index (χ0n) is 31.0. The first-order valence-electron chi connectivity index (χ1n) is 18.5. The van der Waals surface area contributed by atoms with Crippen LogP contribution < -0.4 is 15.0 Å². The highest BCUT2D eigenvalue weighted by atomic mass is 32.2. The van der Waals surface area contributed by atoms with Gasteiger partial charge in [0.2, 0.25) is 0 Å². The molecule has 1 aromatic heterocycles. The summed E-state index contributed by atoms with van der Waals surface area (Å²) in [7, 11) is -1.23. The van der Waals surface area contributed by atoms with Crippen LogP contribution in [0.1, 0.15) is 76.6 Å². The lowest BCUT2D eigenvalue weighted by Crippen LogP contribution is -2.30. The molecule has 1 unspecified atom stereocenters. The molecule has 51 heavy (non-hydrogen) atoms. The summed E-state index contributed by atoms with van der Waals surface area (Å²) in [5.74, 6) is 1.62. The normalized spacial score (nSPS) is 13.7. The Morgan fingerprint density at radius 1 is 0.980 bits per heavy atom. The van der Waals surface area contributed by atoms with Crippen molar-refractivity contribution in [3.63, 3.8) is 0 Å². The number of ether oxygens (including phenoxy) is 2. The van der Waals surface area contributed by atoms with Crippen LogP contribution in [0, 0.1) is 12.8 Å². The second-order valence-electron chi connectivity index (χ2n) is 13.7. The molecule has 3 aromatic carbocycles. The number of imidazole rings is 1. The molecule has 0 radical (unpaired) electrons. The highest BCUT2D eigenvalue weighted by molar-refractivity contribution is 7.84. The quantitative estimate of drug-likeness (QED) is 0.110. The predicted molar refractivity (Wildman–Crippen MR) is 210 cm³/mol. The largest absolute Gasteiger partial charge is 0.491 e. The Morgan fingerprint density at radius 2 is 1.78 bits per heavy atom. The van der Waals surface area contributed by atoms with Crippen LogP contribution in [0.25, 0.3) is 17.2 Å². The van der Waals surface area contributed by atoms with E-state index in [4.69, 9.17) is 9.47 Å². The average molecular weight is 711 g/mol. The van der Waals surface area contributed by atoms with Crippen molar-refractivity contribution in [2.75, 3.05) is 43.1 Å². The maximum absolute atomic E-state index is 13.8. The first-order chi connectivity index (χ1) is 24.7. The molecule has 2 heterocycles. The van der Waals surface area contributed by atoms with Gasteiger partial charge >= 0.3 is 0 Å². The lowest BCUT2D eigenvalue weighted by molar-refractivity contribution is -0.112. The molecule has 1 amide bonds. The number of nitrogens with one attached hydrogen (secondary N) is 1. The van der Waals surface area contributed by atoms with Crippen molar-refractivity contribution in [2.24, 2.45) is 5.92 Å². The van der Waals surface area contributed by atoms with E-state index in [1.54, 1.807) is 12.5 Å². The highest BCUT2D eigenvalue weighted by Crippen LogP contribution is 2.33. The van der Waals surface area contributed by atoms with Gasteiger partial charge in [-0.15, -0.1) is 0 Å². The summed E-state index contributed by atoms with van der Waals surface area (Å²) in [6.45, 7) is 15.3. The van der Waals surface area contributed by atoms with Gasteiger partial charge in [0, 0.05) is 54.3 Å². The summed E-state index contributed by atoms with van der Waals surface area (Å²) < 4.78 is 26.9. The van der Waals surface area contributed by atoms with Gasteiger partial charge < -0.3 is 24.3 Å². The van der Waals surface area contributed by atoms with Gasteiger partial charge in [-0.05, 0) is 109 Å². The minimum absolute atomic E-state index is 0.111. The molecule has 4 aromatic rings. The van der Waals surface area contributed by atoms with Crippen molar-refractivity contribution in [1.29, 1.82) is 0 Å². The number of unbranched alkanes of at least 4 members (excludes halogenated alkanes) is 1. The average Bonchev–Trinajstić information content (AvgIpc) is 3.54. The lowest BCUT2D eigenvalue weighted by Gasteiger charge is -2.30. The number of carbonyl (C=O) groups excluding carboxylic acids is 1. The second kappa shape index (κ2) is 18.9. The molecule has 1 aliphatic heterocycles. The van der Waals surface area contributed by atoms with Gasteiger partial charge in [-0.2, -0.15) is 0 Å².